The Hall–Kier alpha value is -9.12. The maximum absolute atomic E-state index is 2.75. The highest BCUT2D eigenvalue weighted by atomic mass is 15.2. The number of hydrogen-bond donors (Lipinski definition) is 0. The molecule has 2 aliphatic carbocycles. The number of aryl methyl sites for hydroxylation is 4. The lowest BCUT2D eigenvalue weighted by molar-refractivity contribution is 0.686. The van der Waals surface area contributed by atoms with Crippen molar-refractivity contribution in [2.75, 3.05) is 9.80 Å². The SMILES string of the molecule is Cc1ccc2c(c1N(c1cccc3c1CCCC3)c1cc(C(C)C)c3ccc4c(N(c5cccc6c5CCCC6)c5c(C)ccc6c5c5ccccc5n6-c5ccccc5)cc(C(C)C)c5ccc1c3c54)c1ccccc1n2-c1ccccc1. The van der Waals surface area contributed by atoms with E-state index >= 15 is 0 Å². The predicted octanol–water partition coefficient (Wildman–Crippen LogP) is 22.3. The highest BCUT2D eigenvalue weighted by molar-refractivity contribution is 6.31. The van der Waals surface area contributed by atoms with Crippen molar-refractivity contribution in [2.45, 2.75) is 105 Å². The Morgan fingerprint density at radius 1 is 0.321 bits per heavy atom. The topological polar surface area (TPSA) is 16.3 Å². The largest absolute Gasteiger partial charge is 0.309 e. The third-order valence-electron chi connectivity index (χ3n) is 19.4. The molecule has 0 saturated heterocycles. The van der Waals surface area contributed by atoms with Gasteiger partial charge in [-0.05, 0) is 216 Å². The zero-order valence-corrected chi connectivity index (χ0v) is 49.2. The molecule has 2 aromatic heterocycles. The summed E-state index contributed by atoms with van der Waals surface area (Å²) in [5.41, 5.74) is 26.0. The summed E-state index contributed by atoms with van der Waals surface area (Å²) in [5.74, 6) is 0.491. The molecule has 0 bridgehead atoms. The zero-order chi connectivity index (χ0) is 56.5. The zero-order valence-electron chi connectivity index (χ0n) is 49.2. The van der Waals surface area contributed by atoms with Gasteiger partial charge >= 0.3 is 0 Å². The van der Waals surface area contributed by atoms with Crippen molar-refractivity contribution in [3.05, 3.63) is 251 Å². The van der Waals surface area contributed by atoms with Crippen LogP contribution in [-0.4, -0.2) is 9.13 Å². The maximum Gasteiger partial charge on any atom is 0.0591 e. The Morgan fingerprint density at radius 2 is 0.714 bits per heavy atom. The molecule has 0 fully saturated rings. The molecule has 2 aliphatic rings. The van der Waals surface area contributed by atoms with Gasteiger partial charge < -0.3 is 18.9 Å². The van der Waals surface area contributed by atoms with Crippen LogP contribution in [0.5, 0.6) is 0 Å². The van der Waals surface area contributed by atoms with Gasteiger partial charge in [0.2, 0.25) is 0 Å². The molecule has 4 heteroatoms. The first-order valence-electron chi connectivity index (χ1n) is 31.0. The Balaban J connectivity index is 1.05. The van der Waals surface area contributed by atoms with Gasteiger partial charge in [-0.25, -0.2) is 0 Å². The molecular weight excluding hydrogens is 1020 g/mol. The van der Waals surface area contributed by atoms with Crippen LogP contribution in [0.15, 0.2) is 206 Å². The Kier molecular flexibility index (Phi) is 11.9. The first-order chi connectivity index (χ1) is 41.2. The quantitative estimate of drug-likeness (QED) is 0.127. The van der Waals surface area contributed by atoms with Gasteiger partial charge in [0.1, 0.15) is 0 Å². The average molecular weight is 1090 g/mol. The van der Waals surface area contributed by atoms with Crippen LogP contribution in [0.4, 0.5) is 34.1 Å². The molecule has 14 aromatic rings. The molecule has 0 radical (unpaired) electrons. The minimum absolute atomic E-state index is 0.246. The van der Waals surface area contributed by atoms with Gasteiger partial charge in [-0.2, -0.15) is 0 Å². The molecule has 12 aromatic carbocycles. The van der Waals surface area contributed by atoms with E-state index in [2.05, 4.69) is 267 Å². The van der Waals surface area contributed by atoms with E-state index in [0.717, 1.165) is 25.7 Å². The van der Waals surface area contributed by atoms with E-state index in [1.54, 1.807) is 0 Å². The number of fused-ring (bicyclic) bond motifs is 8. The molecule has 0 atom stereocenters. The second kappa shape index (κ2) is 19.8. The summed E-state index contributed by atoms with van der Waals surface area (Å²) in [6.07, 6.45) is 9.13. The summed E-state index contributed by atoms with van der Waals surface area (Å²) in [6, 6.07) is 79.2. The van der Waals surface area contributed by atoms with Crippen molar-refractivity contribution >= 4 is 110 Å². The van der Waals surface area contributed by atoms with Crippen molar-refractivity contribution < 1.29 is 0 Å². The Morgan fingerprint density at radius 3 is 1.14 bits per heavy atom. The Labute approximate surface area is 493 Å². The Bertz CT molecular complexity index is 4630. The van der Waals surface area contributed by atoms with Crippen molar-refractivity contribution in [1.29, 1.82) is 0 Å². The van der Waals surface area contributed by atoms with Gasteiger partial charge in [-0.3, -0.25) is 0 Å². The normalized spacial score (nSPS) is 13.7. The number of nitrogens with zero attached hydrogens (tertiary/aromatic N) is 4. The van der Waals surface area contributed by atoms with Gasteiger partial charge in [-0.15, -0.1) is 0 Å². The second-order valence-corrected chi connectivity index (χ2v) is 24.9. The summed E-state index contributed by atoms with van der Waals surface area (Å²) >= 11 is 0. The van der Waals surface area contributed by atoms with E-state index in [-0.39, 0.29) is 11.8 Å². The van der Waals surface area contributed by atoms with E-state index in [9.17, 15) is 0 Å². The minimum Gasteiger partial charge on any atom is -0.309 e. The number of aromatic nitrogens is 2. The lowest BCUT2D eigenvalue weighted by atomic mass is 9.83. The third-order valence-corrected chi connectivity index (χ3v) is 19.4. The maximum atomic E-state index is 2.75. The van der Waals surface area contributed by atoms with E-state index in [0.29, 0.717) is 0 Å². The number of anilines is 6. The van der Waals surface area contributed by atoms with Crippen LogP contribution >= 0.6 is 0 Å². The highest BCUT2D eigenvalue weighted by Gasteiger charge is 2.33. The number of hydrogen-bond acceptors (Lipinski definition) is 2. The van der Waals surface area contributed by atoms with E-state index < -0.39 is 0 Å². The van der Waals surface area contributed by atoms with Gasteiger partial charge in [-0.1, -0.05) is 161 Å². The molecule has 84 heavy (non-hydrogen) atoms. The predicted molar refractivity (Wildman–Crippen MR) is 359 cm³/mol. The molecular formula is C80H70N4. The monoisotopic (exact) mass is 1090 g/mol. The fraction of sp³-hybridized carbons (Fsp3) is 0.200. The number of benzene rings is 12. The van der Waals surface area contributed by atoms with Crippen LogP contribution in [0.2, 0.25) is 0 Å². The van der Waals surface area contributed by atoms with E-state index in [4.69, 9.17) is 0 Å². The summed E-state index contributed by atoms with van der Waals surface area (Å²) < 4.78 is 4.98. The lowest BCUT2D eigenvalue weighted by Crippen LogP contribution is -2.18. The van der Waals surface area contributed by atoms with Crippen LogP contribution in [0.25, 0.3) is 87.3 Å². The summed E-state index contributed by atoms with van der Waals surface area (Å²) in [5, 5.41) is 13.0. The molecule has 410 valence electrons. The van der Waals surface area contributed by atoms with Crippen LogP contribution in [0, 0.1) is 13.8 Å². The van der Waals surface area contributed by atoms with E-state index in [1.807, 2.05) is 0 Å². The molecule has 4 nitrogen and oxygen atoms in total. The standard InChI is InChI=1S/C80H70N4/c1-49(2)65-47-73(83(67-37-21-25-53-23-13-15-31-57(53)67)79-51(5)39-45-71-77(79)61-33-17-19-35-69(61)81(71)55-27-9-7-10-28-55)63-44-42-60-66(50(3)4)48-74(64-43-41-59(65)75(63)76(60)64)84(68-38-22-26-54-24-14-16-32-58(54)68)80-52(6)40-46-72-78(80)62-34-18-20-36-70(62)82(72)56-29-11-8-12-30-56/h7-12,17-22,25-30,33-50H,13-16,23-24,31-32H2,1-6H3. The van der Waals surface area contributed by atoms with Gasteiger partial charge in [0, 0.05) is 55.1 Å². The van der Waals surface area contributed by atoms with Gasteiger partial charge in [0.25, 0.3) is 0 Å². The van der Waals surface area contributed by atoms with Crippen LogP contribution in [0.3, 0.4) is 0 Å². The molecule has 0 unspecified atom stereocenters. The minimum atomic E-state index is 0.246. The molecule has 0 spiro atoms. The molecule has 0 N–H and O–H groups in total. The highest BCUT2D eigenvalue weighted by Crippen LogP contribution is 2.56. The summed E-state index contributed by atoms with van der Waals surface area (Å²) in [7, 11) is 0. The summed E-state index contributed by atoms with van der Waals surface area (Å²) in [4.78, 5) is 5.50. The molecule has 0 amide bonds. The van der Waals surface area contributed by atoms with Crippen molar-refractivity contribution in [2.24, 2.45) is 0 Å². The van der Waals surface area contributed by atoms with Crippen molar-refractivity contribution in [3.8, 4) is 11.4 Å². The first-order valence-corrected chi connectivity index (χ1v) is 31.0. The molecule has 0 saturated carbocycles. The van der Waals surface area contributed by atoms with Crippen LogP contribution in [-0.2, 0) is 25.7 Å². The molecule has 2 heterocycles. The van der Waals surface area contributed by atoms with Crippen LogP contribution < -0.4 is 9.80 Å². The van der Waals surface area contributed by atoms with Gasteiger partial charge in [0.15, 0.2) is 0 Å². The lowest BCUT2D eigenvalue weighted by Gasteiger charge is -2.35. The number of rotatable bonds is 10. The van der Waals surface area contributed by atoms with Crippen molar-refractivity contribution in [1.82, 2.24) is 9.13 Å². The number of para-hydroxylation sites is 4. The first kappa shape index (κ1) is 50.6. The second-order valence-electron chi connectivity index (χ2n) is 24.9. The molecule has 16 rings (SSSR count). The van der Waals surface area contributed by atoms with Gasteiger partial charge in [0.05, 0.1) is 44.8 Å². The van der Waals surface area contributed by atoms with Crippen molar-refractivity contribution in [3.63, 3.8) is 0 Å². The fourth-order valence-electron chi connectivity index (χ4n) is 15.6. The average Bonchev–Trinajstić information content (AvgIpc) is 1.08. The third kappa shape index (κ3) is 7.58. The fourth-order valence-corrected chi connectivity index (χ4v) is 15.6. The van der Waals surface area contributed by atoms with E-state index in [1.165, 1.54) is 192 Å². The smallest absolute Gasteiger partial charge is 0.0591 e. The summed E-state index contributed by atoms with van der Waals surface area (Å²) in [6.45, 7) is 14.3. The van der Waals surface area contributed by atoms with Crippen LogP contribution in [0.1, 0.15) is 110 Å². The molecule has 0 aliphatic heterocycles.